The molecule has 1 aromatic rings. The van der Waals surface area contributed by atoms with Crippen molar-refractivity contribution in [3.05, 3.63) is 28.4 Å². The standard InChI is InChI=1S/C16H25N3O3/c1-11(2)19-9-7-13(17-14(19)20)12-6-8-18(10-12)15(21)22-16(3,4)5/h7,9,11-12H,6,8,10H2,1-5H3. The van der Waals surface area contributed by atoms with Gasteiger partial charge in [-0.3, -0.25) is 4.57 Å². The Bertz CT molecular complexity index is 601. The maximum absolute atomic E-state index is 12.1. The molecule has 2 rings (SSSR count). The Kier molecular flexibility index (Phi) is 4.58. The smallest absolute Gasteiger partial charge is 0.410 e. The van der Waals surface area contributed by atoms with Crippen molar-refractivity contribution in [2.75, 3.05) is 13.1 Å². The molecule has 1 aliphatic rings. The molecule has 1 fully saturated rings. The number of amides is 1. The minimum Gasteiger partial charge on any atom is -0.444 e. The number of hydrogen-bond acceptors (Lipinski definition) is 4. The van der Waals surface area contributed by atoms with E-state index in [1.54, 1.807) is 15.7 Å². The summed E-state index contributed by atoms with van der Waals surface area (Å²) in [5.74, 6) is 0.0991. The first-order valence-electron chi connectivity index (χ1n) is 7.74. The summed E-state index contributed by atoms with van der Waals surface area (Å²) in [6, 6.07) is 1.97. The Morgan fingerprint density at radius 3 is 2.64 bits per heavy atom. The number of carbonyl (C=O) groups is 1. The van der Waals surface area contributed by atoms with Crippen LogP contribution in [0.1, 0.15) is 58.7 Å². The lowest BCUT2D eigenvalue weighted by molar-refractivity contribution is 0.0292. The Balaban J connectivity index is 2.06. The van der Waals surface area contributed by atoms with Gasteiger partial charge in [-0.2, -0.15) is 4.98 Å². The van der Waals surface area contributed by atoms with Crippen LogP contribution in [0, 0.1) is 0 Å². The molecule has 1 unspecified atom stereocenters. The van der Waals surface area contributed by atoms with Crippen LogP contribution in [0.3, 0.4) is 0 Å². The molecule has 1 amide bonds. The zero-order valence-corrected chi connectivity index (χ0v) is 14.0. The van der Waals surface area contributed by atoms with Gasteiger partial charge < -0.3 is 9.64 Å². The van der Waals surface area contributed by atoms with E-state index in [4.69, 9.17) is 4.74 Å². The second kappa shape index (κ2) is 6.10. The van der Waals surface area contributed by atoms with Gasteiger partial charge >= 0.3 is 11.8 Å². The van der Waals surface area contributed by atoms with Crippen LogP contribution < -0.4 is 5.69 Å². The zero-order chi connectivity index (χ0) is 16.5. The number of hydrogen-bond donors (Lipinski definition) is 0. The van der Waals surface area contributed by atoms with E-state index in [0.717, 1.165) is 12.1 Å². The van der Waals surface area contributed by atoms with Crippen molar-refractivity contribution in [3.8, 4) is 0 Å². The molecule has 2 heterocycles. The topological polar surface area (TPSA) is 64.4 Å². The van der Waals surface area contributed by atoms with Gasteiger partial charge in [0.15, 0.2) is 0 Å². The Morgan fingerprint density at radius 1 is 1.41 bits per heavy atom. The van der Waals surface area contributed by atoms with Gasteiger partial charge in [-0.05, 0) is 47.1 Å². The summed E-state index contributed by atoms with van der Waals surface area (Å²) in [4.78, 5) is 29.9. The highest BCUT2D eigenvalue weighted by molar-refractivity contribution is 5.68. The highest BCUT2D eigenvalue weighted by Crippen LogP contribution is 2.26. The fourth-order valence-corrected chi connectivity index (χ4v) is 2.54. The largest absolute Gasteiger partial charge is 0.444 e. The van der Waals surface area contributed by atoms with Crippen molar-refractivity contribution in [1.29, 1.82) is 0 Å². The fraction of sp³-hybridized carbons (Fsp3) is 0.688. The molecule has 0 aliphatic carbocycles. The van der Waals surface area contributed by atoms with Gasteiger partial charge in [-0.1, -0.05) is 0 Å². The Labute approximate surface area is 131 Å². The normalized spacial score (nSPS) is 18.8. The molecule has 0 radical (unpaired) electrons. The van der Waals surface area contributed by atoms with E-state index in [1.165, 1.54) is 0 Å². The van der Waals surface area contributed by atoms with E-state index in [1.807, 2.05) is 40.7 Å². The maximum atomic E-state index is 12.1. The van der Waals surface area contributed by atoms with Gasteiger partial charge in [-0.25, -0.2) is 9.59 Å². The number of rotatable bonds is 2. The van der Waals surface area contributed by atoms with Crippen LogP contribution in [-0.2, 0) is 4.74 Å². The van der Waals surface area contributed by atoms with Crippen LogP contribution >= 0.6 is 0 Å². The molecular formula is C16H25N3O3. The highest BCUT2D eigenvalue weighted by atomic mass is 16.6. The van der Waals surface area contributed by atoms with E-state index < -0.39 is 5.60 Å². The predicted molar refractivity (Wildman–Crippen MR) is 84.0 cm³/mol. The summed E-state index contributed by atoms with van der Waals surface area (Å²) in [7, 11) is 0. The van der Waals surface area contributed by atoms with Crippen molar-refractivity contribution < 1.29 is 9.53 Å². The van der Waals surface area contributed by atoms with Crippen molar-refractivity contribution >= 4 is 6.09 Å². The summed E-state index contributed by atoms with van der Waals surface area (Å²) in [5, 5.41) is 0. The summed E-state index contributed by atoms with van der Waals surface area (Å²) < 4.78 is 6.98. The first-order valence-corrected chi connectivity index (χ1v) is 7.74. The number of nitrogens with zero attached hydrogens (tertiary/aromatic N) is 3. The van der Waals surface area contributed by atoms with Crippen molar-refractivity contribution in [1.82, 2.24) is 14.5 Å². The molecule has 6 nitrogen and oxygen atoms in total. The average Bonchev–Trinajstić information content (AvgIpc) is 2.85. The molecule has 1 atom stereocenters. The van der Waals surface area contributed by atoms with E-state index >= 15 is 0 Å². The lowest BCUT2D eigenvalue weighted by Crippen LogP contribution is -2.35. The summed E-state index contributed by atoms with van der Waals surface area (Å²) in [5.41, 5.74) is 0.0294. The zero-order valence-electron chi connectivity index (χ0n) is 14.0. The van der Waals surface area contributed by atoms with Crippen LogP contribution in [0.15, 0.2) is 17.1 Å². The fourth-order valence-electron chi connectivity index (χ4n) is 2.54. The minimum atomic E-state index is -0.495. The third-order valence-corrected chi connectivity index (χ3v) is 3.67. The molecule has 0 bridgehead atoms. The molecule has 0 aromatic carbocycles. The highest BCUT2D eigenvalue weighted by Gasteiger charge is 2.31. The summed E-state index contributed by atoms with van der Waals surface area (Å²) >= 11 is 0. The van der Waals surface area contributed by atoms with E-state index in [-0.39, 0.29) is 23.7 Å². The Morgan fingerprint density at radius 2 is 2.09 bits per heavy atom. The van der Waals surface area contributed by atoms with Crippen molar-refractivity contribution in [2.45, 2.75) is 58.6 Å². The van der Waals surface area contributed by atoms with Crippen molar-refractivity contribution in [2.24, 2.45) is 0 Å². The third-order valence-electron chi connectivity index (χ3n) is 3.67. The molecular weight excluding hydrogens is 282 g/mol. The first kappa shape index (κ1) is 16.5. The van der Waals surface area contributed by atoms with Crippen LogP contribution in [-0.4, -0.2) is 39.2 Å². The second-order valence-electron chi connectivity index (χ2n) is 7.05. The minimum absolute atomic E-state index is 0.0934. The lowest BCUT2D eigenvalue weighted by Gasteiger charge is -2.24. The molecule has 1 aliphatic heterocycles. The molecule has 0 saturated carbocycles. The molecule has 6 heteroatoms. The molecule has 0 spiro atoms. The van der Waals surface area contributed by atoms with E-state index in [9.17, 15) is 9.59 Å². The molecule has 22 heavy (non-hydrogen) atoms. The Hall–Kier alpha value is -1.85. The SMILES string of the molecule is CC(C)n1ccc(C2CCN(C(=O)OC(C)(C)C)C2)nc1=O. The van der Waals surface area contributed by atoms with Gasteiger partial charge in [0, 0.05) is 31.2 Å². The van der Waals surface area contributed by atoms with Crippen LogP contribution in [0.5, 0.6) is 0 Å². The van der Waals surface area contributed by atoms with Gasteiger partial charge in [0.1, 0.15) is 5.60 Å². The van der Waals surface area contributed by atoms with E-state index in [2.05, 4.69) is 4.98 Å². The molecule has 122 valence electrons. The van der Waals surface area contributed by atoms with Crippen LogP contribution in [0.2, 0.25) is 0 Å². The van der Waals surface area contributed by atoms with Gasteiger partial charge in [0.25, 0.3) is 0 Å². The second-order valence-corrected chi connectivity index (χ2v) is 7.05. The number of likely N-dealkylation sites (tertiary alicyclic amines) is 1. The first-order chi connectivity index (χ1) is 10.2. The molecule has 1 saturated heterocycles. The maximum Gasteiger partial charge on any atom is 0.410 e. The molecule has 0 N–H and O–H groups in total. The van der Waals surface area contributed by atoms with Crippen LogP contribution in [0.25, 0.3) is 0 Å². The van der Waals surface area contributed by atoms with Crippen LogP contribution in [0.4, 0.5) is 4.79 Å². The predicted octanol–water partition coefficient (Wildman–Crippen LogP) is 2.55. The van der Waals surface area contributed by atoms with Gasteiger partial charge in [0.2, 0.25) is 0 Å². The number of ether oxygens (including phenoxy) is 1. The van der Waals surface area contributed by atoms with Crippen molar-refractivity contribution in [3.63, 3.8) is 0 Å². The third kappa shape index (κ3) is 3.87. The van der Waals surface area contributed by atoms with E-state index in [0.29, 0.717) is 13.1 Å². The number of carbonyl (C=O) groups excluding carboxylic acids is 1. The number of aromatic nitrogens is 2. The summed E-state index contributed by atoms with van der Waals surface area (Å²) in [6.07, 6.45) is 2.29. The molecule has 1 aromatic heterocycles. The quantitative estimate of drug-likeness (QED) is 0.842. The average molecular weight is 307 g/mol. The van der Waals surface area contributed by atoms with Gasteiger partial charge in [-0.15, -0.1) is 0 Å². The monoisotopic (exact) mass is 307 g/mol. The lowest BCUT2D eigenvalue weighted by atomic mass is 10.1. The summed E-state index contributed by atoms with van der Waals surface area (Å²) in [6.45, 7) is 10.6. The van der Waals surface area contributed by atoms with Gasteiger partial charge in [0.05, 0.1) is 5.69 Å².